The average molecular weight is 250 g/mol. The molecule has 2 aromatic rings. The van der Waals surface area contributed by atoms with E-state index in [1.807, 2.05) is 0 Å². The topological polar surface area (TPSA) is 76.2 Å². The van der Waals surface area contributed by atoms with Gasteiger partial charge in [-0.1, -0.05) is 0 Å². The average Bonchev–Trinajstić information content (AvgIpc) is 2.69. The number of halogens is 1. The molecule has 0 amide bonds. The molecule has 2 heterocycles. The van der Waals surface area contributed by atoms with Crippen LogP contribution in [0.5, 0.6) is 0 Å². The molecule has 0 bridgehead atoms. The lowest BCUT2D eigenvalue weighted by atomic mass is 10.2. The molecule has 2 aromatic heterocycles. The highest BCUT2D eigenvalue weighted by Crippen LogP contribution is 2.23. The number of carboxylic acid groups (broad SMARTS) is 1. The van der Waals surface area contributed by atoms with Crippen LogP contribution in [0.2, 0.25) is 0 Å². The van der Waals surface area contributed by atoms with Gasteiger partial charge < -0.3 is 9.52 Å². The number of pyridine rings is 1. The van der Waals surface area contributed by atoms with Crippen LogP contribution < -0.4 is 0 Å². The Morgan fingerprint density at radius 3 is 2.89 bits per heavy atom. The van der Waals surface area contributed by atoms with E-state index < -0.39 is 11.8 Å². The molecule has 6 heteroatoms. The molecular weight excluding hydrogens is 239 g/mol. The smallest absolute Gasteiger partial charge is 0.303 e. The minimum Gasteiger partial charge on any atom is -0.481 e. The van der Waals surface area contributed by atoms with Gasteiger partial charge in [-0.3, -0.25) is 4.79 Å². The van der Waals surface area contributed by atoms with Gasteiger partial charge in [0.15, 0.2) is 11.7 Å². The summed E-state index contributed by atoms with van der Waals surface area (Å²) in [5, 5.41) is 8.58. The van der Waals surface area contributed by atoms with E-state index in [9.17, 15) is 9.18 Å². The second-order valence-corrected chi connectivity index (χ2v) is 3.78. The summed E-state index contributed by atoms with van der Waals surface area (Å²) in [7, 11) is 0. The Morgan fingerprint density at radius 2 is 2.28 bits per heavy atom. The molecule has 0 aromatic carbocycles. The lowest BCUT2D eigenvalue weighted by Crippen LogP contribution is -1.97. The molecule has 5 nitrogen and oxygen atoms in total. The largest absolute Gasteiger partial charge is 0.481 e. The summed E-state index contributed by atoms with van der Waals surface area (Å²) in [5.74, 6) is -0.555. The molecule has 0 spiro atoms. The molecule has 0 unspecified atom stereocenters. The Morgan fingerprint density at radius 1 is 1.50 bits per heavy atom. The maximum atomic E-state index is 12.7. The minimum absolute atomic E-state index is 0.0454. The number of carbonyl (C=O) groups is 1. The second kappa shape index (κ2) is 4.95. The highest BCUT2D eigenvalue weighted by molar-refractivity contribution is 5.66. The van der Waals surface area contributed by atoms with Crippen LogP contribution in [0.1, 0.15) is 18.0 Å². The van der Waals surface area contributed by atoms with Crippen molar-refractivity contribution >= 4 is 5.97 Å². The number of aromatic nitrogens is 2. The van der Waals surface area contributed by atoms with Crippen molar-refractivity contribution in [1.82, 2.24) is 9.97 Å². The Labute approximate surface area is 102 Å². The van der Waals surface area contributed by atoms with Crippen molar-refractivity contribution in [2.45, 2.75) is 19.8 Å². The number of carboxylic acids is 1. The second-order valence-electron chi connectivity index (χ2n) is 3.78. The Balaban J connectivity index is 2.23. The van der Waals surface area contributed by atoms with E-state index in [4.69, 9.17) is 9.52 Å². The lowest BCUT2D eigenvalue weighted by molar-refractivity contribution is -0.137. The number of hydrogen-bond donors (Lipinski definition) is 1. The van der Waals surface area contributed by atoms with Crippen LogP contribution in [0.3, 0.4) is 0 Å². The zero-order valence-corrected chi connectivity index (χ0v) is 9.68. The van der Waals surface area contributed by atoms with E-state index in [2.05, 4.69) is 9.97 Å². The van der Waals surface area contributed by atoms with Crippen molar-refractivity contribution in [3.8, 4) is 11.5 Å². The summed E-state index contributed by atoms with van der Waals surface area (Å²) in [6.45, 7) is 1.73. The molecule has 94 valence electrons. The molecule has 0 saturated heterocycles. The molecule has 0 aliphatic rings. The maximum absolute atomic E-state index is 12.7. The van der Waals surface area contributed by atoms with Crippen molar-refractivity contribution < 1.29 is 18.7 Å². The normalized spacial score (nSPS) is 10.6. The van der Waals surface area contributed by atoms with Crippen molar-refractivity contribution in [3.63, 3.8) is 0 Å². The van der Waals surface area contributed by atoms with Gasteiger partial charge in [0.1, 0.15) is 11.5 Å². The molecule has 1 N–H and O–H groups in total. The van der Waals surface area contributed by atoms with Crippen LogP contribution in [0, 0.1) is 12.7 Å². The Kier molecular flexibility index (Phi) is 3.36. The fourth-order valence-electron chi connectivity index (χ4n) is 1.52. The van der Waals surface area contributed by atoms with Crippen LogP contribution in [0.4, 0.5) is 4.39 Å². The van der Waals surface area contributed by atoms with Gasteiger partial charge >= 0.3 is 5.97 Å². The first kappa shape index (κ1) is 12.2. The van der Waals surface area contributed by atoms with E-state index >= 15 is 0 Å². The van der Waals surface area contributed by atoms with Crippen LogP contribution >= 0.6 is 0 Å². The van der Waals surface area contributed by atoms with Gasteiger partial charge in [-0.05, 0) is 19.1 Å². The summed E-state index contributed by atoms with van der Waals surface area (Å²) in [5.41, 5.74) is 1.08. The van der Waals surface area contributed by atoms with Gasteiger partial charge in [0, 0.05) is 6.42 Å². The fraction of sp³-hybridized carbons (Fsp3) is 0.250. The quantitative estimate of drug-likeness (QED) is 0.900. The van der Waals surface area contributed by atoms with E-state index in [1.165, 1.54) is 12.1 Å². The van der Waals surface area contributed by atoms with Crippen LogP contribution in [-0.4, -0.2) is 21.0 Å². The monoisotopic (exact) mass is 250 g/mol. The van der Waals surface area contributed by atoms with E-state index in [1.54, 1.807) is 6.92 Å². The number of aryl methyl sites for hydroxylation is 2. The van der Waals surface area contributed by atoms with Crippen molar-refractivity contribution in [3.05, 3.63) is 35.7 Å². The molecule has 0 aliphatic carbocycles. The van der Waals surface area contributed by atoms with Gasteiger partial charge in [0.05, 0.1) is 18.3 Å². The Bertz CT molecular complexity index is 563. The van der Waals surface area contributed by atoms with Crippen LogP contribution in [-0.2, 0) is 11.2 Å². The first-order valence-electron chi connectivity index (χ1n) is 5.36. The fourth-order valence-corrected chi connectivity index (χ4v) is 1.52. The zero-order valence-electron chi connectivity index (χ0n) is 9.68. The van der Waals surface area contributed by atoms with E-state index in [-0.39, 0.29) is 12.8 Å². The van der Waals surface area contributed by atoms with Gasteiger partial charge in [-0.15, -0.1) is 0 Å². The molecule has 0 fully saturated rings. The van der Waals surface area contributed by atoms with Crippen LogP contribution in [0.25, 0.3) is 11.5 Å². The summed E-state index contributed by atoms with van der Waals surface area (Å²) in [6.07, 6.45) is 1.27. The first-order chi connectivity index (χ1) is 8.56. The third kappa shape index (κ3) is 2.71. The number of oxazole rings is 1. The predicted octanol–water partition coefficient (Wildman–Crippen LogP) is 2.20. The molecule has 2 rings (SSSR count). The summed E-state index contributed by atoms with van der Waals surface area (Å²) in [6, 6.07) is 2.77. The SMILES string of the molecule is Cc1nc(CCC(=O)O)oc1-c1ccc(F)cn1. The summed E-state index contributed by atoms with van der Waals surface area (Å²) < 4.78 is 18.2. The van der Waals surface area contributed by atoms with E-state index in [0.717, 1.165) is 6.20 Å². The molecule has 0 atom stereocenters. The van der Waals surface area contributed by atoms with Crippen LogP contribution in [0.15, 0.2) is 22.7 Å². The van der Waals surface area contributed by atoms with Gasteiger partial charge in [-0.25, -0.2) is 14.4 Å². The highest BCUT2D eigenvalue weighted by atomic mass is 19.1. The lowest BCUT2D eigenvalue weighted by Gasteiger charge is -1.96. The van der Waals surface area contributed by atoms with Crippen molar-refractivity contribution in [1.29, 1.82) is 0 Å². The molecule has 0 radical (unpaired) electrons. The number of hydrogen-bond acceptors (Lipinski definition) is 4. The predicted molar refractivity (Wildman–Crippen MR) is 60.4 cm³/mol. The van der Waals surface area contributed by atoms with Gasteiger partial charge in [0.2, 0.25) is 0 Å². The minimum atomic E-state index is -0.910. The molecule has 18 heavy (non-hydrogen) atoms. The third-order valence-corrected chi connectivity index (χ3v) is 2.35. The molecule has 0 aliphatic heterocycles. The standard InChI is InChI=1S/C12H11FN2O3/c1-7-12(9-3-2-8(13)6-14-9)18-10(15-7)4-5-11(16)17/h2-3,6H,4-5H2,1H3,(H,16,17). The van der Waals surface area contributed by atoms with E-state index in [0.29, 0.717) is 23.0 Å². The highest BCUT2D eigenvalue weighted by Gasteiger charge is 2.13. The molecule has 0 saturated carbocycles. The zero-order chi connectivity index (χ0) is 13.1. The van der Waals surface area contributed by atoms with Crippen molar-refractivity contribution in [2.24, 2.45) is 0 Å². The summed E-state index contributed by atoms with van der Waals surface area (Å²) >= 11 is 0. The molecular formula is C12H11FN2O3. The number of nitrogens with zero attached hydrogens (tertiary/aromatic N) is 2. The maximum Gasteiger partial charge on any atom is 0.303 e. The van der Waals surface area contributed by atoms with Crippen molar-refractivity contribution in [2.75, 3.05) is 0 Å². The van der Waals surface area contributed by atoms with Gasteiger partial charge in [0.25, 0.3) is 0 Å². The first-order valence-corrected chi connectivity index (χ1v) is 5.36. The number of rotatable bonds is 4. The van der Waals surface area contributed by atoms with Gasteiger partial charge in [-0.2, -0.15) is 0 Å². The summed E-state index contributed by atoms with van der Waals surface area (Å²) in [4.78, 5) is 18.5. The Hall–Kier alpha value is -2.24. The number of aliphatic carboxylic acids is 1. The third-order valence-electron chi connectivity index (χ3n) is 2.35.